The summed E-state index contributed by atoms with van der Waals surface area (Å²) < 4.78 is 2.35. The quantitative estimate of drug-likeness (QED) is 0.169. The number of fused-ring (bicyclic) bond motifs is 3. The van der Waals surface area contributed by atoms with E-state index in [9.17, 15) is 0 Å². The zero-order valence-corrected chi connectivity index (χ0v) is 32.6. The van der Waals surface area contributed by atoms with Crippen molar-refractivity contribution in [1.82, 2.24) is 15.0 Å². The van der Waals surface area contributed by atoms with Gasteiger partial charge in [-0.25, -0.2) is 15.0 Å². The molecule has 270 valence electrons. The van der Waals surface area contributed by atoms with Crippen molar-refractivity contribution in [3.8, 4) is 54.7 Å². The first-order valence-electron chi connectivity index (χ1n) is 19.0. The summed E-state index contributed by atoms with van der Waals surface area (Å²) in [7, 11) is 0. The van der Waals surface area contributed by atoms with Crippen LogP contribution >= 0.6 is 22.7 Å². The molecule has 10 rings (SSSR count). The van der Waals surface area contributed by atoms with Gasteiger partial charge < -0.3 is 0 Å². The van der Waals surface area contributed by atoms with Crippen molar-refractivity contribution in [3.05, 3.63) is 206 Å². The van der Waals surface area contributed by atoms with Crippen LogP contribution in [0.3, 0.4) is 0 Å². The number of hydrogen-bond acceptors (Lipinski definition) is 5. The van der Waals surface area contributed by atoms with Crippen LogP contribution in [0.15, 0.2) is 200 Å². The van der Waals surface area contributed by atoms with Crippen molar-refractivity contribution in [3.63, 3.8) is 0 Å². The Labute approximate surface area is 339 Å². The highest BCUT2D eigenvalue weighted by Gasteiger charge is 2.20. The van der Waals surface area contributed by atoms with Gasteiger partial charge in [0.15, 0.2) is 0 Å². The van der Waals surface area contributed by atoms with Gasteiger partial charge in [0, 0.05) is 27.8 Å². The smallest absolute Gasteiger partial charge is 0.124 e. The maximum Gasteiger partial charge on any atom is 0.124 e. The maximum atomic E-state index is 5.73. The summed E-state index contributed by atoms with van der Waals surface area (Å²) in [5, 5.41) is 4.36. The molecule has 3 nitrogen and oxygen atoms in total. The Bertz CT molecular complexity index is 3070. The van der Waals surface area contributed by atoms with Crippen LogP contribution in [0.2, 0.25) is 0 Å². The Morgan fingerprint density at radius 2 is 1.07 bits per heavy atom. The van der Waals surface area contributed by atoms with Gasteiger partial charge in [0.25, 0.3) is 0 Å². The van der Waals surface area contributed by atoms with Crippen LogP contribution < -0.4 is 0 Å². The van der Waals surface area contributed by atoms with Crippen LogP contribution in [-0.4, -0.2) is 15.0 Å². The van der Waals surface area contributed by atoms with E-state index in [4.69, 9.17) is 15.0 Å². The van der Waals surface area contributed by atoms with E-state index in [1.54, 1.807) is 22.7 Å². The first kappa shape index (κ1) is 34.7. The van der Waals surface area contributed by atoms with E-state index in [2.05, 4.69) is 170 Å². The van der Waals surface area contributed by atoms with Crippen molar-refractivity contribution in [2.24, 2.45) is 0 Å². The maximum absolute atomic E-state index is 5.73. The summed E-state index contributed by atoms with van der Waals surface area (Å²) in [5.74, 6) is 0. The van der Waals surface area contributed by atoms with Crippen molar-refractivity contribution in [1.29, 1.82) is 0 Å². The molecule has 9 aromatic rings. The predicted molar refractivity (Wildman–Crippen MR) is 244 cm³/mol. The highest BCUT2D eigenvalue weighted by atomic mass is 32.1. The fraction of sp³-hybridized carbons (Fsp3) is 0.0192. The van der Waals surface area contributed by atoms with Crippen LogP contribution in [-0.2, 0) is 0 Å². The standard InChI is InChI=1S/C52H35N3S2/c1-34-14-4-2-3-5-16-36(27-26-34)49-43(38-18-12-20-41(31-38)51-53-45-22-8-10-24-47(45)56-51)33-44(50(55-49)40-29-28-35-15-6-7-17-37(35)30-40)39-19-13-21-42(32-39)52-54-46-23-9-11-25-48(46)57-52/h2-4,6-33H,1,5H2/b3-2-,14-4-,27-26?,36-16+. The highest BCUT2D eigenvalue weighted by molar-refractivity contribution is 7.22. The zero-order chi connectivity index (χ0) is 38.1. The van der Waals surface area contributed by atoms with E-state index in [1.807, 2.05) is 24.3 Å². The molecule has 0 unspecified atom stereocenters. The molecule has 0 saturated carbocycles. The monoisotopic (exact) mass is 765 g/mol. The molecule has 0 amide bonds. The Hall–Kier alpha value is -6.79. The summed E-state index contributed by atoms with van der Waals surface area (Å²) in [6.45, 7) is 4.29. The van der Waals surface area contributed by atoms with Crippen molar-refractivity contribution in [2.75, 3.05) is 0 Å². The molecule has 0 bridgehead atoms. The van der Waals surface area contributed by atoms with Gasteiger partial charge in [0.05, 0.1) is 31.8 Å². The number of hydrogen-bond donors (Lipinski definition) is 0. The van der Waals surface area contributed by atoms with Crippen molar-refractivity contribution >= 4 is 59.5 Å². The van der Waals surface area contributed by atoms with Gasteiger partial charge in [0.1, 0.15) is 10.0 Å². The summed E-state index contributed by atoms with van der Waals surface area (Å²) in [5.41, 5.74) is 13.3. The second-order valence-corrected chi connectivity index (χ2v) is 16.1. The highest BCUT2D eigenvalue weighted by Crippen LogP contribution is 2.42. The largest absolute Gasteiger partial charge is 0.246 e. The minimum Gasteiger partial charge on any atom is -0.246 e. The summed E-state index contributed by atoms with van der Waals surface area (Å²) >= 11 is 3.44. The number of benzene rings is 6. The third kappa shape index (κ3) is 7.00. The molecule has 0 radical (unpaired) electrons. The molecule has 0 fully saturated rings. The van der Waals surface area contributed by atoms with E-state index in [0.717, 1.165) is 88.9 Å². The number of allylic oxidation sites excluding steroid dienone is 9. The number of pyridine rings is 1. The molecule has 0 aliphatic heterocycles. The molecule has 57 heavy (non-hydrogen) atoms. The fourth-order valence-corrected chi connectivity index (χ4v) is 9.31. The predicted octanol–water partition coefficient (Wildman–Crippen LogP) is 14.8. The molecule has 0 N–H and O–H groups in total. The van der Waals surface area contributed by atoms with E-state index in [1.165, 1.54) is 20.2 Å². The van der Waals surface area contributed by atoms with Crippen LogP contribution in [0, 0.1) is 0 Å². The van der Waals surface area contributed by atoms with E-state index in [-0.39, 0.29) is 0 Å². The lowest BCUT2D eigenvalue weighted by molar-refractivity contribution is 1.27. The van der Waals surface area contributed by atoms with E-state index in [0.29, 0.717) is 0 Å². The molecule has 0 atom stereocenters. The number of para-hydroxylation sites is 2. The van der Waals surface area contributed by atoms with Gasteiger partial charge >= 0.3 is 0 Å². The van der Waals surface area contributed by atoms with Crippen molar-refractivity contribution < 1.29 is 0 Å². The van der Waals surface area contributed by atoms with Crippen LogP contribution in [0.25, 0.3) is 91.4 Å². The van der Waals surface area contributed by atoms with Gasteiger partial charge in [-0.2, -0.15) is 0 Å². The molecular formula is C52H35N3S2. The van der Waals surface area contributed by atoms with Crippen molar-refractivity contribution in [2.45, 2.75) is 6.42 Å². The van der Waals surface area contributed by atoms with Gasteiger partial charge in [-0.1, -0.05) is 146 Å². The lowest BCUT2D eigenvalue weighted by atomic mass is 9.90. The van der Waals surface area contributed by atoms with E-state index >= 15 is 0 Å². The molecule has 3 aromatic heterocycles. The Balaban J connectivity index is 1.22. The van der Waals surface area contributed by atoms with E-state index < -0.39 is 0 Å². The first-order valence-corrected chi connectivity index (χ1v) is 20.6. The Kier molecular flexibility index (Phi) is 9.15. The average Bonchev–Trinajstić information content (AvgIpc) is 3.91. The minimum atomic E-state index is 0.765. The van der Waals surface area contributed by atoms with Gasteiger partial charge in [-0.15, -0.1) is 22.7 Å². The topological polar surface area (TPSA) is 38.7 Å². The second kappa shape index (κ2) is 15.0. The Morgan fingerprint density at radius 3 is 1.75 bits per heavy atom. The van der Waals surface area contributed by atoms with Gasteiger partial charge in [-0.3, -0.25) is 0 Å². The molecule has 3 heterocycles. The lowest BCUT2D eigenvalue weighted by Crippen LogP contribution is -2.00. The number of thiazole rings is 2. The average molecular weight is 766 g/mol. The molecule has 1 aliphatic rings. The molecule has 6 aromatic carbocycles. The van der Waals surface area contributed by atoms with Crippen LogP contribution in [0.1, 0.15) is 12.1 Å². The minimum absolute atomic E-state index is 0.765. The third-order valence-corrected chi connectivity index (χ3v) is 12.4. The first-order chi connectivity index (χ1) is 28.1. The summed E-state index contributed by atoms with van der Waals surface area (Å²) in [6.07, 6.45) is 15.6. The van der Waals surface area contributed by atoms with Crippen LogP contribution in [0.4, 0.5) is 0 Å². The lowest BCUT2D eigenvalue weighted by Gasteiger charge is -2.19. The molecular weight excluding hydrogens is 731 g/mol. The number of rotatable bonds is 6. The Morgan fingerprint density at radius 1 is 0.456 bits per heavy atom. The van der Waals surface area contributed by atoms with Crippen LogP contribution in [0.5, 0.6) is 0 Å². The summed E-state index contributed by atoms with van der Waals surface area (Å²) in [4.78, 5) is 15.8. The SMILES string of the molecule is C=C1C=C/C(c2nc(-c3ccc4ccccc4c3)c(-c3cccc(-c4nc5ccccc5s4)c3)cc2-c2cccc(-c3nc4ccccc4s3)c2)=C\C/C=C\C=C/1. The second-order valence-electron chi connectivity index (χ2n) is 14.1. The van der Waals surface area contributed by atoms with Gasteiger partial charge in [-0.05, 0) is 88.0 Å². The molecule has 0 saturated heterocycles. The molecule has 1 aliphatic carbocycles. The number of nitrogens with zero attached hydrogens (tertiary/aromatic N) is 3. The molecule has 5 heteroatoms. The van der Waals surface area contributed by atoms with Gasteiger partial charge in [0.2, 0.25) is 0 Å². The number of aromatic nitrogens is 3. The fourth-order valence-electron chi connectivity index (χ4n) is 7.39. The summed E-state index contributed by atoms with van der Waals surface area (Å²) in [6, 6.07) is 51.7. The normalized spacial score (nSPS) is 15.2. The molecule has 0 spiro atoms. The zero-order valence-electron chi connectivity index (χ0n) is 31.0. The third-order valence-electron chi connectivity index (χ3n) is 10.3.